The first-order chi connectivity index (χ1) is 7.93. The summed E-state index contributed by atoms with van der Waals surface area (Å²) in [4.78, 5) is 21.6. The Kier molecular flexibility index (Phi) is 8.13. The summed E-state index contributed by atoms with van der Waals surface area (Å²) in [5.74, 6) is -1.05. The molecule has 0 saturated carbocycles. The topological polar surface area (TPSA) is 87.7 Å². The number of amides is 2. The highest BCUT2D eigenvalue weighted by atomic mass is 16.5. The summed E-state index contributed by atoms with van der Waals surface area (Å²) in [5.41, 5.74) is 0. The second kappa shape index (κ2) is 8.81. The van der Waals surface area contributed by atoms with Crippen LogP contribution >= 0.6 is 0 Å². The number of ether oxygens (including phenoxy) is 1. The molecule has 17 heavy (non-hydrogen) atoms. The van der Waals surface area contributed by atoms with E-state index >= 15 is 0 Å². The molecule has 0 spiro atoms. The number of hydrogen-bond acceptors (Lipinski definition) is 3. The van der Waals surface area contributed by atoms with E-state index in [1.165, 1.54) is 6.92 Å². The number of aliphatic carboxylic acids is 1. The Labute approximate surface area is 102 Å². The molecule has 0 aliphatic rings. The van der Waals surface area contributed by atoms with Crippen molar-refractivity contribution in [3.63, 3.8) is 0 Å². The van der Waals surface area contributed by atoms with Crippen LogP contribution in [-0.4, -0.2) is 42.4 Å². The van der Waals surface area contributed by atoms with E-state index in [1.807, 2.05) is 13.8 Å². The van der Waals surface area contributed by atoms with Crippen molar-refractivity contribution in [3.8, 4) is 0 Å². The molecule has 0 heterocycles. The molecular formula is C11H22N2O4. The Bertz CT molecular complexity index is 244. The van der Waals surface area contributed by atoms with Crippen molar-refractivity contribution >= 4 is 12.0 Å². The van der Waals surface area contributed by atoms with Gasteiger partial charge in [-0.1, -0.05) is 0 Å². The number of carboxylic acids is 1. The molecule has 0 rings (SSSR count). The minimum atomic E-state index is -1.05. The van der Waals surface area contributed by atoms with Crippen LogP contribution in [-0.2, 0) is 9.53 Å². The number of carbonyl (C=O) groups excluding carboxylic acids is 1. The van der Waals surface area contributed by atoms with E-state index in [2.05, 4.69) is 10.6 Å². The summed E-state index contributed by atoms with van der Waals surface area (Å²) in [6.07, 6.45) is 1.90. The maximum absolute atomic E-state index is 11.2. The fourth-order valence-corrected chi connectivity index (χ4v) is 1.06. The normalized spacial score (nSPS) is 12.2. The SMILES string of the molecule is CC(C)OCCCCNC(=O)N[C@H](C)C(=O)O. The molecule has 0 bridgehead atoms. The van der Waals surface area contributed by atoms with Gasteiger partial charge in [-0.15, -0.1) is 0 Å². The first-order valence-corrected chi connectivity index (χ1v) is 5.82. The van der Waals surface area contributed by atoms with Crippen LogP contribution in [0.2, 0.25) is 0 Å². The maximum atomic E-state index is 11.2. The van der Waals surface area contributed by atoms with Gasteiger partial charge in [0.15, 0.2) is 0 Å². The van der Waals surface area contributed by atoms with E-state index in [4.69, 9.17) is 9.84 Å². The molecule has 0 saturated heterocycles. The van der Waals surface area contributed by atoms with Gasteiger partial charge in [-0.05, 0) is 33.6 Å². The van der Waals surface area contributed by atoms with Crippen molar-refractivity contribution in [2.75, 3.05) is 13.2 Å². The number of rotatable bonds is 8. The monoisotopic (exact) mass is 246 g/mol. The number of urea groups is 1. The van der Waals surface area contributed by atoms with Crippen molar-refractivity contribution in [2.24, 2.45) is 0 Å². The molecule has 0 aromatic rings. The summed E-state index contributed by atoms with van der Waals surface area (Å²) in [6.45, 7) is 6.54. The van der Waals surface area contributed by atoms with Gasteiger partial charge in [-0.3, -0.25) is 4.79 Å². The van der Waals surface area contributed by atoms with Gasteiger partial charge in [0.05, 0.1) is 6.10 Å². The molecule has 0 radical (unpaired) electrons. The van der Waals surface area contributed by atoms with Gasteiger partial charge in [0.25, 0.3) is 0 Å². The third-order valence-electron chi connectivity index (χ3n) is 2.03. The lowest BCUT2D eigenvalue weighted by molar-refractivity contribution is -0.138. The molecule has 6 nitrogen and oxygen atoms in total. The lowest BCUT2D eigenvalue weighted by atomic mass is 10.3. The minimum absolute atomic E-state index is 0.225. The summed E-state index contributed by atoms with van der Waals surface area (Å²) < 4.78 is 5.34. The van der Waals surface area contributed by atoms with Crippen LogP contribution in [0.4, 0.5) is 4.79 Å². The molecule has 2 amide bonds. The fraction of sp³-hybridized carbons (Fsp3) is 0.818. The van der Waals surface area contributed by atoms with Gasteiger partial charge in [-0.2, -0.15) is 0 Å². The Morgan fingerprint density at radius 2 is 1.88 bits per heavy atom. The quantitative estimate of drug-likeness (QED) is 0.557. The number of carboxylic acid groups (broad SMARTS) is 1. The second-order valence-corrected chi connectivity index (χ2v) is 4.09. The zero-order valence-corrected chi connectivity index (χ0v) is 10.7. The predicted molar refractivity (Wildman–Crippen MR) is 64.0 cm³/mol. The molecule has 100 valence electrons. The van der Waals surface area contributed by atoms with Crippen LogP contribution in [0.3, 0.4) is 0 Å². The van der Waals surface area contributed by atoms with Crippen LogP contribution in [0.5, 0.6) is 0 Å². The summed E-state index contributed by atoms with van der Waals surface area (Å²) >= 11 is 0. The highest BCUT2D eigenvalue weighted by molar-refractivity contribution is 5.82. The standard InChI is InChI=1S/C11H22N2O4/c1-8(2)17-7-5-4-6-12-11(16)13-9(3)10(14)15/h8-9H,4-7H2,1-3H3,(H,14,15)(H2,12,13,16)/t9-/m1/s1. The highest BCUT2D eigenvalue weighted by Gasteiger charge is 2.12. The van der Waals surface area contributed by atoms with Gasteiger partial charge >= 0.3 is 12.0 Å². The van der Waals surface area contributed by atoms with Crippen LogP contribution in [0.1, 0.15) is 33.6 Å². The van der Waals surface area contributed by atoms with E-state index in [9.17, 15) is 9.59 Å². The molecule has 1 atom stereocenters. The van der Waals surface area contributed by atoms with E-state index in [1.54, 1.807) is 0 Å². The number of carbonyl (C=O) groups is 2. The van der Waals surface area contributed by atoms with E-state index < -0.39 is 18.0 Å². The zero-order chi connectivity index (χ0) is 13.3. The first-order valence-electron chi connectivity index (χ1n) is 5.82. The first kappa shape index (κ1) is 15.7. The Balaban J connectivity index is 3.43. The predicted octanol–water partition coefficient (Wildman–Crippen LogP) is 0.964. The lowest BCUT2D eigenvalue weighted by Gasteiger charge is -2.11. The molecule has 0 aliphatic heterocycles. The second-order valence-electron chi connectivity index (χ2n) is 4.09. The van der Waals surface area contributed by atoms with Gasteiger partial charge in [0, 0.05) is 13.2 Å². The molecule has 3 N–H and O–H groups in total. The zero-order valence-electron chi connectivity index (χ0n) is 10.7. The molecule has 0 aromatic heterocycles. The van der Waals surface area contributed by atoms with Crippen LogP contribution < -0.4 is 10.6 Å². The van der Waals surface area contributed by atoms with Crippen molar-refractivity contribution in [3.05, 3.63) is 0 Å². The minimum Gasteiger partial charge on any atom is -0.480 e. The van der Waals surface area contributed by atoms with Crippen molar-refractivity contribution in [1.29, 1.82) is 0 Å². The molecule has 0 unspecified atom stereocenters. The lowest BCUT2D eigenvalue weighted by Crippen LogP contribution is -2.44. The molecular weight excluding hydrogens is 224 g/mol. The van der Waals surface area contributed by atoms with Crippen molar-refractivity contribution in [1.82, 2.24) is 10.6 Å². The third-order valence-corrected chi connectivity index (χ3v) is 2.03. The van der Waals surface area contributed by atoms with Crippen LogP contribution in [0.25, 0.3) is 0 Å². The van der Waals surface area contributed by atoms with Crippen molar-refractivity contribution < 1.29 is 19.4 Å². The van der Waals surface area contributed by atoms with Crippen LogP contribution in [0, 0.1) is 0 Å². The number of unbranched alkanes of at least 4 members (excludes halogenated alkanes) is 1. The van der Waals surface area contributed by atoms with Crippen LogP contribution in [0.15, 0.2) is 0 Å². The van der Waals surface area contributed by atoms with E-state index in [-0.39, 0.29) is 6.10 Å². The molecule has 0 fully saturated rings. The summed E-state index contributed by atoms with van der Waals surface area (Å²) in [7, 11) is 0. The Morgan fingerprint density at radius 3 is 2.41 bits per heavy atom. The average Bonchev–Trinajstić information content (AvgIpc) is 2.22. The summed E-state index contributed by atoms with van der Waals surface area (Å²) in [6, 6.07) is -1.33. The van der Waals surface area contributed by atoms with Gasteiger partial charge in [-0.25, -0.2) is 4.79 Å². The molecule has 0 aromatic carbocycles. The molecule has 0 aliphatic carbocycles. The number of nitrogens with one attached hydrogen (secondary N) is 2. The third kappa shape index (κ3) is 9.62. The van der Waals surface area contributed by atoms with Gasteiger partial charge in [0.2, 0.25) is 0 Å². The number of hydrogen-bond donors (Lipinski definition) is 3. The van der Waals surface area contributed by atoms with Gasteiger partial charge in [0.1, 0.15) is 6.04 Å². The van der Waals surface area contributed by atoms with Gasteiger partial charge < -0.3 is 20.5 Å². The highest BCUT2D eigenvalue weighted by Crippen LogP contribution is 1.93. The summed E-state index contributed by atoms with van der Waals surface area (Å²) in [5, 5.41) is 13.5. The smallest absolute Gasteiger partial charge is 0.325 e. The maximum Gasteiger partial charge on any atom is 0.325 e. The molecule has 6 heteroatoms. The average molecular weight is 246 g/mol. The Morgan fingerprint density at radius 1 is 1.24 bits per heavy atom. The van der Waals surface area contributed by atoms with Crippen molar-refractivity contribution in [2.45, 2.75) is 45.8 Å². The fourth-order valence-electron chi connectivity index (χ4n) is 1.06. The van der Waals surface area contributed by atoms with E-state index in [0.29, 0.717) is 13.2 Å². The van der Waals surface area contributed by atoms with E-state index in [0.717, 1.165) is 12.8 Å². The largest absolute Gasteiger partial charge is 0.480 e. The Hall–Kier alpha value is -1.30.